The number of rotatable bonds is 3. The van der Waals surface area contributed by atoms with Crippen molar-refractivity contribution in [2.75, 3.05) is 5.32 Å². The highest BCUT2D eigenvalue weighted by molar-refractivity contribution is 9.10. The number of benzene rings is 1. The molecule has 0 bridgehead atoms. The summed E-state index contributed by atoms with van der Waals surface area (Å²) in [6.07, 6.45) is 0. The van der Waals surface area contributed by atoms with E-state index in [2.05, 4.69) is 21.2 Å². The Kier molecular flexibility index (Phi) is 3.11. The summed E-state index contributed by atoms with van der Waals surface area (Å²) in [6.45, 7) is 2.67. The molecule has 0 unspecified atom stereocenters. The van der Waals surface area contributed by atoms with Crippen LogP contribution in [0.1, 0.15) is 11.5 Å². The molecule has 1 aromatic carbocycles. The van der Waals surface area contributed by atoms with E-state index in [1.165, 1.54) is 0 Å². The Balaban J connectivity index is 1.96. The minimum Gasteiger partial charge on any atom is -0.465 e. The second-order valence-electron chi connectivity index (χ2n) is 3.37. The minimum absolute atomic E-state index is 0.718. The molecular weight excluding hydrogens is 254 g/mol. The number of nitrogens with one attached hydrogen (secondary N) is 1. The van der Waals surface area contributed by atoms with Crippen LogP contribution in [0.3, 0.4) is 0 Å². The van der Waals surface area contributed by atoms with E-state index in [4.69, 9.17) is 4.42 Å². The second-order valence-corrected chi connectivity index (χ2v) is 4.29. The van der Waals surface area contributed by atoms with Crippen LogP contribution in [0.15, 0.2) is 45.3 Å². The molecule has 3 heteroatoms. The molecule has 1 heterocycles. The molecule has 2 nitrogen and oxygen atoms in total. The maximum Gasteiger partial charge on any atom is 0.123 e. The van der Waals surface area contributed by atoms with Gasteiger partial charge in [0.2, 0.25) is 0 Å². The van der Waals surface area contributed by atoms with Gasteiger partial charge in [0.25, 0.3) is 0 Å². The molecule has 0 aliphatic rings. The van der Waals surface area contributed by atoms with Crippen molar-refractivity contribution >= 4 is 21.6 Å². The first-order valence-corrected chi connectivity index (χ1v) is 5.58. The zero-order valence-electron chi connectivity index (χ0n) is 8.46. The van der Waals surface area contributed by atoms with Crippen LogP contribution >= 0.6 is 15.9 Å². The molecule has 15 heavy (non-hydrogen) atoms. The zero-order valence-corrected chi connectivity index (χ0v) is 10.0. The Morgan fingerprint density at radius 3 is 2.47 bits per heavy atom. The lowest BCUT2D eigenvalue weighted by Gasteiger charge is -2.03. The average Bonchev–Trinajstić information content (AvgIpc) is 2.64. The summed E-state index contributed by atoms with van der Waals surface area (Å²) in [4.78, 5) is 0. The van der Waals surface area contributed by atoms with Gasteiger partial charge >= 0.3 is 0 Å². The third-order valence-electron chi connectivity index (χ3n) is 2.11. The lowest BCUT2D eigenvalue weighted by molar-refractivity contribution is 0.490. The second kappa shape index (κ2) is 4.53. The van der Waals surface area contributed by atoms with Crippen LogP contribution in [0.2, 0.25) is 0 Å². The highest BCUT2D eigenvalue weighted by Crippen LogP contribution is 2.15. The number of aryl methyl sites for hydroxylation is 1. The standard InChI is InChI=1S/C12H12BrNO/c1-9-2-7-12(15-9)8-14-11-5-3-10(13)4-6-11/h2-7,14H,8H2,1H3. The first-order valence-electron chi connectivity index (χ1n) is 4.79. The number of hydrogen-bond acceptors (Lipinski definition) is 2. The van der Waals surface area contributed by atoms with Gasteiger partial charge in [0.15, 0.2) is 0 Å². The molecule has 0 aliphatic carbocycles. The van der Waals surface area contributed by atoms with Crippen LogP contribution in [0.5, 0.6) is 0 Å². The predicted molar refractivity (Wildman–Crippen MR) is 64.9 cm³/mol. The van der Waals surface area contributed by atoms with Gasteiger partial charge in [-0.1, -0.05) is 15.9 Å². The van der Waals surface area contributed by atoms with Gasteiger partial charge in [-0.3, -0.25) is 0 Å². The van der Waals surface area contributed by atoms with Crippen LogP contribution in [0, 0.1) is 6.92 Å². The van der Waals surface area contributed by atoms with E-state index in [-0.39, 0.29) is 0 Å². The maximum absolute atomic E-state index is 5.46. The van der Waals surface area contributed by atoms with Gasteiger partial charge in [-0.15, -0.1) is 0 Å². The van der Waals surface area contributed by atoms with Gasteiger partial charge in [0.05, 0.1) is 6.54 Å². The fourth-order valence-electron chi connectivity index (χ4n) is 1.34. The van der Waals surface area contributed by atoms with Gasteiger partial charge in [0, 0.05) is 10.2 Å². The van der Waals surface area contributed by atoms with E-state index in [0.29, 0.717) is 0 Å². The SMILES string of the molecule is Cc1ccc(CNc2ccc(Br)cc2)o1. The maximum atomic E-state index is 5.46. The number of halogens is 1. The van der Waals surface area contributed by atoms with Crippen molar-refractivity contribution in [2.24, 2.45) is 0 Å². The van der Waals surface area contributed by atoms with Crippen molar-refractivity contribution in [3.63, 3.8) is 0 Å². The summed E-state index contributed by atoms with van der Waals surface area (Å²) in [7, 11) is 0. The van der Waals surface area contributed by atoms with E-state index < -0.39 is 0 Å². The van der Waals surface area contributed by atoms with Crippen molar-refractivity contribution in [1.29, 1.82) is 0 Å². The molecule has 0 saturated heterocycles. The Labute approximate surface area is 97.4 Å². The van der Waals surface area contributed by atoms with E-state index >= 15 is 0 Å². The molecular formula is C12H12BrNO. The normalized spacial score (nSPS) is 10.3. The fraction of sp³-hybridized carbons (Fsp3) is 0.167. The van der Waals surface area contributed by atoms with Crippen molar-refractivity contribution in [3.8, 4) is 0 Å². The van der Waals surface area contributed by atoms with Crippen molar-refractivity contribution in [3.05, 3.63) is 52.4 Å². The molecule has 2 aromatic rings. The van der Waals surface area contributed by atoms with Gasteiger partial charge < -0.3 is 9.73 Å². The van der Waals surface area contributed by atoms with Crippen molar-refractivity contribution < 1.29 is 4.42 Å². The summed E-state index contributed by atoms with van der Waals surface area (Å²) in [5, 5.41) is 3.29. The van der Waals surface area contributed by atoms with E-state index in [1.807, 2.05) is 43.3 Å². The van der Waals surface area contributed by atoms with Gasteiger partial charge in [-0.2, -0.15) is 0 Å². The summed E-state index contributed by atoms with van der Waals surface area (Å²) in [6, 6.07) is 12.0. The number of furan rings is 1. The first-order chi connectivity index (χ1) is 7.24. The van der Waals surface area contributed by atoms with Crippen molar-refractivity contribution in [2.45, 2.75) is 13.5 Å². The largest absolute Gasteiger partial charge is 0.465 e. The first kappa shape index (κ1) is 10.3. The monoisotopic (exact) mass is 265 g/mol. The lowest BCUT2D eigenvalue weighted by Crippen LogP contribution is -1.97. The smallest absolute Gasteiger partial charge is 0.123 e. The molecule has 0 spiro atoms. The predicted octanol–water partition coefficient (Wildman–Crippen LogP) is 3.96. The molecule has 0 atom stereocenters. The summed E-state index contributed by atoms with van der Waals surface area (Å²) in [5.74, 6) is 1.90. The lowest BCUT2D eigenvalue weighted by atomic mass is 10.3. The van der Waals surface area contributed by atoms with Gasteiger partial charge in [-0.05, 0) is 43.3 Å². The summed E-state index contributed by atoms with van der Waals surface area (Å²) >= 11 is 3.40. The molecule has 1 N–H and O–H groups in total. The van der Waals surface area contributed by atoms with Crippen LogP contribution in [0.4, 0.5) is 5.69 Å². The topological polar surface area (TPSA) is 25.2 Å². The minimum atomic E-state index is 0.718. The molecule has 1 aromatic heterocycles. The van der Waals surface area contributed by atoms with Gasteiger partial charge in [-0.25, -0.2) is 0 Å². The Hall–Kier alpha value is -1.22. The molecule has 78 valence electrons. The fourth-order valence-corrected chi connectivity index (χ4v) is 1.60. The summed E-state index contributed by atoms with van der Waals surface area (Å²) < 4.78 is 6.54. The Morgan fingerprint density at radius 2 is 1.87 bits per heavy atom. The highest BCUT2D eigenvalue weighted by atomic mass is 79.9. The van der Waals surface area contributed by atoms with Crippen LogP contribution in [-0.4, -0.2) is 0 Å². The molecule has 0 fully saturated rings. The third kappa shape index (κ3) is 2.86. The van der Waals surface area contributed by atoms with E-state index in [0.717, 1.165) is 28.2 Å². The third-order valence-corrected chi connectivity index (χ3v) is 2.64. The number of hydrogen-bond donors (Lipinski definition) is 1. The van der Waals surface area contributed by atoms with Gasteiger partial charge in [0.1, 0.15) is 11.5 Å². The highest BCUT2D eigenvalue weighted by Gasteiger charge is 1.98. The van der Waals surface area contributed by atoms with E-state index in [1.54, 1.807) is 0 Å². The Bertz CT molecular complexity index is 433. The van der Waals surface area contributed by atoms with Crippen molar-refractivity contribution in [1.82, 2.24) is 0 Å². The Morgan fingerprint density at radius 1 is 1.13 bits per heavy atom. The molecule has 0 saturated carbocycles. The molecule has 2 rings (SSSR count). The van der Waals surface area contributed by atoms with Crippen LogP contribution in [-0.2, 0) is 6.54 Å². The zero-order chi connectivity index (χ0) is 10.7. The summed E-state index contributed by atoms with van der Waals surface area (Å²) in [5.41, 5.74) is 1.09. The molecule has 0 amide bonds. The quantitative estimate of drug-likeness (QED) is 0.909. The van der Waals surface area contributed by atoms with E-state index in [9.17, 15) is 0 Å². The molecule has 0 aliphatic heterocycles. The molecule has 0 radical (unpaired) electrons. The van der Waals surface area contributed by atoms with Crippen LogP contribution in [0.25, 0.3) is 0 Å². The van der Waals surface area contributed by atoms with Crippen LogP contribution < -0.4 is 5.32 Å². The number of anilines is 1. The average molecular weight is 266 g/mol.